The number of carbonyl (C=O) groups is 1. The molecule has 0 bridgehead atoms. The van der Waals surface area contributed by atoms with Crippen molar-refractivity contribution in [2.24, 2.45) is 0 Å². The molecule has 2 nitrogen and oxygen atoms in total. The third-order valence-electron chi connectivity index (χ3n) is 2.02. The number of hydrogen-bond donors (Lipinski definition) is 1. The van der Waals surface area contributed by atoms with Gasteiger partial charge in [-0.15, -0.1) is 11.3 Å². The number of rotatable bonds is 2. The van der Waals surface area contributed by atoms with Gasteiger partial charge in [0.15, 0.2) is 0 Å². The summed E-state index contributed by atoms with van der Waals surface area (Å²) >= 11 is 1.54. The number of carbonyl (C=O) groups excluding carboxylic acids is 1. The van der Waals surface area contributed by atoms with E-state index in [1.54, 1.807) is 0 Å². The fourth-order valence-electron chi connectivity index (χ4n) is 1.41. The highest BCUT2D eigenvalue weighted by Gasteiger charge is 2.07. The van der Waals surface area contributed by atoms with Crippen molar-refractivity contribution < 1.29 is 4.79 Å². The number of fused-ring (bicyclic) bond motifs is 1. The minimum absolute atomic E-state index is 0.413. The first-order valence-electron chi connectivity index (χ1n) is 4.02. The van der Waals surface area contributed by atoms with E-state index in [4.69, 9.17) is 5.73 Å². The summed E-state index contributed by atoms with van der Waals surface area (Å²) in [5.74, 6) is 0. The van der Waals surface area contributed by atoms with E-state index in [0.29, 0.717) is 6.42 Å². The first kappa shape index (κ1) is 8.26. The maximum absolute atomic E-state index is 10.4. The molecule has 0 aliphatic carbocycles. The molecule has 0 saturated carbocycles. The molecule has 1 heterocycles. The zero-order valence-electron chi connectivity index (χ0n) is 6.99. The zero-order valence-corrected chi connectivity index (χ0v) is 7.80. The van der Waals surface area contributed by atoms with Crippen molar-refractivity contribution in [3.05, 3.63) is 29.8 Å². The molecule has 66 valence electrons. The van der Waals surface area contributed by atoms with Gasteiger partial charge >= 0.3 is 0 Å². The number of benzene rings is 1. The lowest BCUT2D eigenvalue weighted by Gasteiger charge is -1.93. The molecule has 3 heteroatoms. The Balaban J connectivity index is 2.70. The molecule has 0 amide bonds. The van der Waals surface area contributed by atoms with Crippen LogP contribution in [0.1, 0.15) is 5.56 Å². The Morgan fingerprint density at radius 3 is 2.92 bits per heavy atom. The van der Waals surface area contributed by atoms with E-state index < -0.39 is 0 Å². The highest BCUT2D eigenvalue weighted by atomic mass is 32.1. The van der Waals surface area contributed by atoms with Crippen LogP contribution >= 0.6 is 11.3 Å². The van der Waals surface area contributed by atoms with Gasteiger partial charge < -0.3 is 10.5 Å². The van der Waals surface area contributed by atoms with Crippen LogP contribution in [-0.2, 0) is 11.2 Å². The molecular formula is C10H9NOS. The minimum Gasteiger partial charge on any atom is -0.390 e. The third kappa shape index (κ3) is 1.31. The Labute approximate surface area is 80.0 Å². The SMILES string of the molecule is Nc1sc2ccccc2c1CC=O. The first-order valence-corrected chi connectivity index (χ1v) is 4.84. The molecule has 1 aromatic carbocycles. The molecule has 2 N–H and O–H groups in total. The first-order chi connectivity index (χ1) is 6.33. The molecule has 13 heavy (non-hydrogen) atoms. The molecule has 2 aromatic rings. The van der Waals surface area contributed by atoms with Crippen molar-refractivity contribution in [1.29, 1.82) is 0 Å². The second-order valence-electron chi connectivity index (χ2n) is 2.81. The van der Waals surface area contributed by atoms with E-state index in [1.807, 2.05) is 24.3 Å². The Morgan fingerprint density at radius 2 is 2.15 bits per heavy atom. The Kier molecular flexibility index (Phi) is 2.02. The fraction of sp³-hybridized carbons (Fsp3) is 0.100. The van der Waals surface area contributed by atoms with Crippen LogP contribution in [-0.4, -0.2) is 6.29 Å². The van der Waals surface area contributed by atoms with Crippen LogP contribution < -0.4 is 5.73 Å². The lowest BCUT2D eigenvalue weighted by Crippen LogP contribution is -1.89. The predicted molar refractivity (Wildman–Crippen MR) is 56.0 cm³/mol. The molecule has 0 aliphatic heterocycles. The van der Waals surface area contributed by atoms with E-state index in [0.717, 1.165) is 26.9 Å². The average molecular weight is 191 g/mol. The van der Waals surface area contributed by atoms with Gasteiger partial charge in [-0.3, -0.25) is 0 Å². The molecule has 1 aromatic heterocycles. The van der Waals surface area contributed by atoms with Crippen LogP contribution in [0.15, 0.2) is 24.3 Å². The number of nitrogen functional groups attached to an aromatic ring is 1. The van der Waals surface area contributed by atoms with Crippen molar-refractivity contribution in [3.63, 3.8) is 0 Å². The maximum atomic E-state index is 10.4. The number of hydrogen-bond acceptors (Lipinski definition) is 3. The monoisotopic (exact) mass is 191 g/mol. The van der Waals surface area contributed by atoms with E-state index in [-0.39, 0.29) is 0 Å². The molecule has 0 spiro atoms. The van der Waals surface area contributed by atoms with Crippen molar-refractivity contribution in [1.82, 2.24) is 0 Å². The second kappa shape index (κ2) is 3.18. The molecule has 0 fully saturated rings. The van der Waals surface area contributed by atoms with Gasteiger partial charge in [-0.05, 0) is 11.5 Å². The summed E-state index contributed by atoms with van der Waals surface area (Å²) in [6.07, 6.45) is 1.31. The van der Waals surface area contributed by atoms with Crippen LogP contribution in [0.4, 0.5) is 5.00 Å². The van der Waals surface area contributed by atoms with Gasteiger partial charge in [0, 0.05) is 16.7 Å². The van der Waals surface area contributed by atoms with Gasteiger partial charge in [-0.2, -0.15) is 0 Å². The smallest absolute Gasteiger partial charge is 0.124 e. The van der Waals surface area contributed by atoms with Crippen LogP contribution in [0, 0.1) is 0 Å². The number of aldehydes is 1. The summed E-state index contributed by atoms with van der Waals surface area (Å²) in [6, 6.07) is 7.96. The normalized spacial score (nSPS) is 10.5. The van der Waals surface area contributed by atoms with Crippen molar-refractivity contribution in [2.75, 3.05) is 5.73 Å². The highest BCUT2D eigenvalue weighted by molar-refractivity contribution is 7.22. The zero-order chi connectivity index (χ0) is 9.26. The topological polar surface area (TPSA) is 43.1 Å². The second-order valence-corrected chi connectivity index (χ2v) is 3.90. The number of nitrogens with two attached hydrogens (primary N) is 1. The van der Waals surface area contributed by atoms with E-state index in [2.05, 4.69) is 0 Å². The van der Waals surface area contributed by atoms with Crippen LogP contribution in [0.5, 0.6) is 0 Å². The Morgan fingerprint density at radius 1 is 1.38 bits per heavy atom. The minimum atomic E-state index is 0.413. The summed E-state index contributed by atoms with van der Waals surface area (Å²) in [5, 5.41) is 1.87. The summed E-state index contributed by atoms with van der Waals surface area (Å²) < 4.78 is 1.15. The van der Waals surface area contributed by atoms with Crippen molar-refractivity contribution >= 4 is 32.7 Å². The fourth-order valence-corrected chi connectivity index (χ4v) is 2.41. The van der Waals surface area contributed by atoms with Crippen molar-refractivity contribution in [3.8, 4) is 0 Å². The number of thiophene rings is 1. The van der Waals surface area contributed by atoms with Gasteiger partial charge in [0.25, 0.3) is 0 Å². The molecule has 0 radical (unpaired) electrons. The molecule has 0 aliphatic rings. The van der Waals surface area contributed by atoms with E-state index >= 15 is 0 Å². The van der Waals surface area contributed by atoms with Gasteiger partial charge in [-0.25, -0.2) is 0 Å². The summed E-state index contributed by atoms with van der Waals surface area (Å²) in [4.78, 5) is 10.4. The van der Waals surface area contributed by atoms with Crippen molar-refractivity contribution in [2.45, 2.75) is 6.42 Å². The van der Waals surface area contributed by atoms with Gasteiger partial charge in [0.1, 0.15) is 6.29 Å². The third-order valence-corrected chi connectivity index (χ3v) is 3.06. The molecule has 0 saturated heterocycles. The highest BCUT2D eigenvalue weighted by Crippen LogP contribution is 2.33. The van der Waals surface area contributed by atoms with Gasteiger partial charge in [0.05, 0.1) is 5.00 Å². The predicted octanol–water partition coefficient (Wildman–Crippen LogP) is 2.22. The molecular weight excluding hydrogens is 182 g/mol. The molecule has 2 rings (SSSR count). The number of anilines is 1. The lowest BCUT2D eigenvalue weighted by atomic mass is 10.1. The van der Waals surface area contributed by atoms with Crippen LogP contribution in [0.2, 0.25) is 0 Å². The van der Waals surface area contributed by atoms with Crippen LogP contribution in [0.3, 0.4) is 0 Å². The summed E-state index contributed by atoms with van der Waals surface area (Å²) in [7, 11) is 0. The maximum Gasteiger partial charge on any atom is 0.124 e. The van der Waals surface area contributed by atoms with Gasteiger partial charge in [0.2, 0.25) is 0 Å². The quantitative estimate of drug-likeness (QED) is 0.740. The average Bonchev–Trinajstić information content (AvgIpc) is 2.44. The van der Waals surface area contributed by atoms with E-state index in [9.17, 15) is 4.79 Å². The lowest BCUT2D eigenvalue weighted by molar-refractivity contribution is -0.107. The standard InChI is InChI=1S/C10H9NOS/c11-10-8(5-6-12)7-3-1-2-4-9(7)13-10/h1-4,6H,5,11H2. The summed E-state index contributed by atoms with van der Waals surface area (Å²) in [5.41, 5.74) is 6.77. The van der Waals surface area contributed by atoms with Crippen LogP contribution in [0.25, 0.3) is 10.1 Å². The van der Waals surface area contributed by atoms with E-state index in [1.165, 1.54) is 11.3 Å². The molecule has 0 unspecified atom stereocenters. The largest absolute Gasteiger partial charge is 0.390 e. The molecule has 0 atom stereocenters. The Bertz CT molecular complexity index is 447. The Hall–Kier alpha value is -1.35. The van der Waals surface area contributed by atoms with Gasteiger partial charge in [-0.1, -0.05) is 18.2 Å². The summed E-state index contributed by atoms with van der Waals surface area (Å²) in [6.45, 7) is 0.